The molecule has 1 atom stereocenters. The van der Waals surface area contributed by atoms with E-state index in [2.05, 4.69) is 0 Å². The van der Waals surface area contributed by atoms with Crippen molar-refractivity contribution in [2.24, 2.45) is 0 Å². The number of para-hydroxylation sites is 1. The third-order valence-corrected chi connectivity index (χ3v) is 6.97. The van der Waals surface area contributed by atoms with Gasteiger partial charge in [-0.2, -0.15) is 0 Å². The number of methoxy groups -OCH3 is 1. The second kappa shape index (κ2) is 9.51. The van der Waals surface area contributed by atoms with E-state index in [0.29, 0.717) is 50.7 Å². The van der Waals surface area contributed by atoms with Gasteiger partial charge in [-0.05, 0) is 36.6 Å². The predicted molar refractivity (Wildman–Crippen MR) is 123 cm³/mol. The Labute approximate surface area is 194 Å². The largest absolute Gasteiger partial charge is 0.496 e. The third kappa shape index (κ3) is 4.21. The van der Waals surface area contributed by atoms with Gasteiger partial charge < -0.3 is 19.3 Å². The fourth-order valence-corrected chi connectivity index (χ4v) is 5.10. The van der Waals surface area contributed by atoms with Crippen LogP contribution in [-0.4, -0.2) is 61.6 Å². The minimum absolute atomic E-state index is 0.00788. The van der Waals surface area contributed by atoms with Crippen LogP contribution in [0.2, 0.25) is 5.02 Å². The normalized spacial score (nSPS) is 20.7. The first-order valence-electron chi connectivity index (χ1n) is 11.0. The minimum Gasteiger partial charge on any atom is -0.496 e. The lowest BCUT2D eigenvalue weighted by atomic mass is 9.72. The molecule has 2 fully saturated rings. The lowest BCUT2D eigenvalue weighted by Gasteiger charge is -2.46. The molecule has 2 aromatic rings. The summed E-state index contributed by atoms with van der Waals surface area (Å²) >= 11 is 6.12. The molecule has 7 heteroatoms. The quantitative estimate of drug-likeness (QED) is 0.701. The number of carbonyl (C=O) groups is 2. The number of piperazine rings is 1. The summed E-state index contributed by atoms with van der Waals surface area (Å²) < 4.78 is 11.2. The molecule has 0 aromatic heterocycles. The molecule has 0 bridgehead atoms. The van der Waals surface area contributed by atoms with Gasteiger partial charge in [-0.3, -0.25) is 9.59 Å². The zero-order chi connectivity index (χ0) is 22.7. The van der Waals surface area contributed by atoms with E-state index in [1.165, 1.54) is 0 Å². The maximum atomic E-state index is 14.1. The Kier molecular flexibility index (Phi) is 6.72. The topological polar surface area (TPSA) is 59.1 Å². The van der Waals surface area contributed by atoms with E-state index in [0.717, 1.165) is 16.9 Å². The van der Waals surface area contributed by atoms with Gasteiger partial charge >= 0.3 is 0 Å². The summed E-state index contributed by atoms with van der Waals surface area (Å²) in [6, 6.07) is 15.0. The van der Waals surface area contributed by atoms with Gasteiger partial charge in [0, 0.05) is 50.4 Å². The molecule has 6 nitrogen and oxygen atoms in total. The first-order chi connectivity index (χ1) is 15.5. The van der Waals surface area contributed by atoms with Gasteiger partial charge in [0.1, 0.15) is 5.75 Å². The standard InChI is InChI=1S/C25H29ClN2O4/c1-18(29)28-14-13-27(17-22(28)21-5-3-4-6-23(21)31-2)24(30)25(11-15-32-16-12-25)19-7-9-20(26)10-8-19/h3-10,22H,11-17H2,1-2H3. The summed E-state index contributed by atoms with van der Waals surface area (Å²) in [5.74, 6) is 0.800. The number of hydrogen-bond donors (Lipinski definition) is 0. The van der Waals surface area contributed by atoms with Gasteiger partial charge in [-0.15, -0.1) is 0 Å². The molecule has 0 radical (unpaired) electrons. The van der Waals surface area contributed by atoms with Gasteiger partial charge in [0.15, 0.2) is 0 Å². The van der Waals surface area contributed by atoms with Crippen molar-refractivity contribution in [1.29, 1.82) is 0 Å². The molecule has 0 saturated carbocycles. The van der Waals surface area contributed by atoms with Crippen LogP contribution in [0.15, 0.2) is 48.5 Å². The Morgan fingerprint density at radius 1 is 1.06 bits per heavy atom. The van der Waals surface area contributed by atoms with E-state index < -0.39 is 5.41 Å². The summed E-state index contributed by atoms with van der Waals surface area (Å²) in [5, 5.41) is 0.648. The van der Waals surface area contributed by atoms with Crippen molar-refractivity contribution >= 4 is 23.4 Å². The molecule has 4 rings (SSSR count). The fraction of sp³-hybridized carbons (Fsp3) is 0.440. The highest BCUT2D eigenvalue weighted by Crippen LogP contribution is 2.39. The van der Waals surface area contributed by atoms with E-state index >= 15 is 0 Å². The average molecular weight is 457 g/mol. The summed E-state index contributed by atoms with van der Waals surface area (Å²) in [7, 11) is 1.63. The highest BCUT2D eigenvalue weighted by atomic mass is 35.5. The third-order valence-electron chi connectivity index (χ3n) is 6.72. The highest BCUT2D eigenvalue weighted by molar-refractivity contribution is 6.30. The maximum Gasteiger partial charge on any atom is 0.233 e. The number of nitrogens with zero attached hydrogens (tertiary/aromatic N) is 2. The van der Waals surface area contributed by atoms with Crippen LogP contribution in [0.1, 0.15) is 36.9 Å². The lowest BCUT2D eigenvalue weighted by molar-refractivity contribution is -0.148. The molecule has 2 aliphatic heterocycles. The zero-order valence-corrected chi connectivity index (χ0v) is 19.3. The Balaban J connectivity index is 1.68. The van der Waals surface area contributed by atoms with Gasteiger partial charge in [-0.1, -0.05) is 41.9 Å². The number of rotatable bonds is 4. The highest BCUT2D eigenvalue weighted by Gasteiger charge is 2.46. The Hall–Kier alpha value is -2.57. The predicted octanol–water partition coefficient (Wildman–Crippen LogP) is 3.83. The van der Waals surface area contributed by atoms with Crippen LogP contribution in [0.4, 0.5) is 0 Å². The number of carbonyl (C=O) groups excluding carboxylic acids is 2. The number of hydrogen-bond acceptors (Lipinski definition) is 4. The summed E-state index contributed by atoms with van der Waals surface area (Å²) in [6.07, 6.45) is 1.25. The fourth-order valence-electron chi connectivity index (χ4n) is 4.97. The molecule has 2 heterocycles. The first kappa shape index (κ1) is 22.6. The molecule has 0 aliphatic carbocycles. The molecule has 2 amide bonds. The first-order valence-corrected chi connectivity index (χ1v) is 11.4. The number of benzene rings is 2. The van der Waals surface area contributed by atoms with Crippen molar-refractivity contribution < 1.29 is 19.1 Å². The monoisotopic (exact) mass is 456 g/mol. The number of amides is 2. The van der Waals surface area contributed by atoms with Crippen LogP contribution >= 0.6 is 11.6 Å². The lowest BCUT2D eigenvalue weighted by Crippen LogP contribution is -2.57. The van der Waals surface area contributed by atoms with Crippen molar-refractivity contribution in [1.82, 2.24) is 9.80 Å². The van der Waals surface area contributed by atoms with E-state index in [4.69, 9.17) is 21.1 Å². The molecule has 0 spiro atoms. The van der Waals surface area contributed by atoms with Crippen LogP contribution in [0.3, 0.4) is 0 Å². The summed E-state index contributed by atoms with van der Waals surface area (Å²) in [4.78, 5) is 30.2. The van der Waals surface area contributed by atoms with Crippen molar-refractivity contribution in [2.45, 2.75) is 31.2 Å². The number of ether oxygens (including phenoxy) is 2. The van der Waals surface area contributed by atoms with Crippen molar-refractivity contribution in [2.75, 3.05) is 40.0 Å². The molecule has 0 N–H and O–H groups in total. The molecule has 1 unspecified atom stereocenters. The van der Waals surface area contributed by atoms with E-state index in [9.17, 15) is 9.59 Å². The number of halogens is 1. The van der Waals surface area contributed by atoms with Gasteiger partial charge in [0.25, 0.3) is 0 Å². The van der Waals surface area contributed by atoms with Crippen molar-refractivity contribution in [3.8, 4) is 5.75 Å². The van der Waals surface area contributed by atoms with Crippen LogP contribution in [0, 0.1) is 0 Å². The van der Waals surface area contributed by atoms with Crippen LogP contribution in [0.25, 0.3) is 0 Å². The second-order valence-electron chi connectivity index (χ2n) is 8.42. The Morgan fingerprint density at radius 3 is 2.41 bits per heavy atom. The van der Waals surface area contributed by atoms with Crippen LogP contribution < -0.4 is 4.74 Å². The SMILES string of the molecule is COc1ccccc1C1CN(C(=O)C2(c3ccc(Cl)cc3)CCOCC2)CCN1C(C)=O. The minimum atomic E-state index is -0.646. The molecule has 32 heavy (non-hydrogen) atoms. The molecule has 170 valence electrons. The molecule has 2 saturated heterocycles. The smallest absolute Gasteiger partial charge is 0.233 e. The average Bonchev–Trinajstić information content (AvgIpc) is 2.84. The van der Waals surface area contributed by atoms with E-state index in [-0.39, 0.29) is 17.9 Å². The van der Waals surface area contributed by atoms with Crippen LogP contribution in [-0.2, 0) is 19.7 Å². The molecule has 2 aliphatic rings. The Bertz CT molecular complexity index is 972. The van der Waals surface area contributed by atoms with Gasteiger partial charge in [-0.25, -0.2) is 0 Å². The molecular formula is C25H29ClN2O4. The Morgan fingerprint density at radius 2 is 1.75 bits per heavy atom. The van der Waals surface area contributed by atoms with Crippen molar-refractivity contribution in [3.63, 3.8) is 0 Å². The van der Waals surface area contributed by atoms with Gasteiger partial charge in [0.2, 0.25) is 11.8 Å². The molecule has 2 aromatic carbocycles. The van der Waals surface area contributed by atoms with E-state index in [1.54, 1.807) is 14.0 Å². The van der Waals surface area contributed by atoms with Crippen LogP contribution in [0.5, 0.6) is 5.75 Å². The second-order valence-corrected chi connectivity index (χ2v) is 8.86. The van der Waals surface area contributed by atoms with Crippen molar-refractivity contribution in [3.05, 3.63) is 64.7 Å². The van der Waals surface area contributed by atoms with E-state index in [1.807, 2.05) is 58.3 Å². The maximum absolute atomic E-state index is 14.1. The zero-order valence-electron chi connectivity index (χ0n) is 18.6. The summed E-state index contributed by atoms with van der Waals surface area (Å²) in [6.45, 7) is 4.06. The van der Waals surface area contributed by atoms with Gasteiger partial charge in [0.05, 0.1) is 18.6 Å². The summed E-state index contributed by atoms with van der Waals surface area (Å²) in [5.41, 5.74) is 1.24. The molecular weight excluding hydrogens is 428 g/mol.